The summed E-state index contributed by atoms with van der Waals surface area (Å²) in [5.41, 5.74) is 2.83. The summed E-state index contributed by atoms with van der Waals surface area (Å²) in [6, 6.07) is 18.5. The van der Waals surface area contributed by atoms with Crippen LogP contribution in [-0.2, 0) is 4.79 Å². The second-order valence-electron chi connectivity index (χ2n) is 6.47. The smallest absolute Gasteiger partial charge is 0.279 e. The van der Waals surface area contributed by atoms with E-state index in [0.29, 0.717) is 15.2 Å². The number of benzene rings is 2. The van der Waals surface area contributed by atoms with Gasteiger partial charge in [0.2, 0.25) is 11.0 Å². The van der Waals surface area contributed by atoms with Gasteiger partial charge in [-0.05, 0) is 19.1 Å². The molecule has 2 aromatic carbocycles. The molecule has 0 aliphatic heterocycles. The SMILES string of the molecule is Cc1ccc(NC(=O)CSc2nnc(NC(=O)c3cc(-c4ccccc4)on3)s2)cc1. The molecule has 0 saturated carbocycles. The maximum atomic E-state index is 12.4. The quantitative estimate of drug-likeness (QED) is 0.315. The summed E-state index contributed by atoms with van der Waals surface area (Å²) in [5, 5.41) is 17.5. The van der Waals surface area contributed by atoms with Crippen LogP contribution in [0.1, 0.15) is 16.1 Å². The third-order valence-electron chi connectivity index (χ3n) is 4.09. The van der Waals surface area contributed by atoms with Crippen LogP contribution < -0.4 is 10.6 Å². The highest BCUT2D eigenvalue weighted by molar-refractivity contribution is 8.01. The number of nitrogens with zero attached hydrogens (tertiary/aromatic N) is 3. The number of aryl methyl sites for hydroxylation is 1. The van der Waals surface area contributed by atoms with Crippen molar-refractivity contribution in [2.75, 3.05) is 16.4 Å². The fourth-order valence-corrected chi connectivity index (χ4v) is 4.11. The molecule has 2 N–H and O–H groups in total. The molecule has 0 unspecified atom stereocenters. The van der Waals surface area contributed by atoms with Crippen molar-refractivity contribution in [3.8, 4) is 11.3 Å². The lowest BCUT2D eigenvalue weighted by atomic mass is 10.1. The first-order valence-corrected chi connectivity index (χ1v) is 11.0. The van der Waals surface area contributed by atoms with Gasteiger partial charge in [0.15, 0.2) is 15.8 Å². The Kier molecular flexibility index (Phi) is 6.39. The second-order valence-corrected chi connectivity index (χ2v) is 8.67. The van der Waals surface area contributed by atoms with Crippen molar-refractivity contribution >= 4 is 45.7 Å². The Morgan fingerprint density at radius 2 is 1.81 bits per heavy atom. The van der Waals surface area contributed by atoms with Crippen molar-refractivity contribution < 1.29 is 14.1 Å². The van der Waals surface area contributed by atoms with Gasteiger partial charge in [0.05, 0.1) is 5.75 Å². The average Bonchev–Trinajstić information content (AvgIpc) is 3.44. The Bertz CT molecular complexity index is 1190. The number of amides is 2. The van der Waals surface area contributed by atoms with Gasteiger partial charge in [-0.15, -0.1) is 10.2 Å². The van der Waals surface area contributed by atoms with Crippen LogP contribution >= 0.6 is 23.1 Å². The lowest BCUT2D eigenvalue weighted by molar-refractivity contribution is -0.113. The lowest BCUT2D eigenvalue weighted by Crippen LogP contribution is -2.13. The van der Waals surface area contributed by atoms with Crippen LogP contribution in [0, 0.1) is 6.92 Å². The van der Waals surface area contributed by atoms with Gasteiger partial charge in [-0.3, -0.25) is 14.9 Å². The molecule has 4 aromatic rings. The Hall–Kier alpha value is -3.50. The highest BCUT2D eigenvalue weighted by Gasteiger charge is 2.16. The number of thioether (sulfide) groups is 1. The first kappa shape index (κ1) is 20.8. The third kappa shape index (κ3) is 5.56. The van der Waals surface area contributed by atoms with Crippen LogP contribution in [0.15, 0.2) is 69.5 Å². The number of rotatable bonds is 7. The highest BCUT2D eigenvalue weighted by atomic mass is 32.2. The van der Waals surface area contributed by atoms with Gasteiger partial charge in [-0.2, -0.15) is 0 Å². The van der Waals surface area contributed by atoms with Crippen LogP contribution in [0.4, 0.5) is 10.8 Å². The molecule has 156 valence electrons. The molecule has 0 bridgehead atoms. The topological polar surface area (TPSA) is 110 Å². The average molecular weight is 452 g/mol. The van der Waals surface area contributed by atoms with Crippen molar-refractivity contribution in [1.29, 1.82) is 0 Å². The summed E-state index contributed by atoms with van der Waals surface area (Å²) >= 11 is 2.42. The molecule has 4 rings (SSSR count). The van der Waals surface area contributed by atoms with Crippen molar-refractivity contribution in [1.82, 2.24) is 15.4 Å². The van der Waals surface area contributed by atoms with Gasteiger partial charge < -0.3 is 9.84 Å². The molecule has 0 radical (unpaired) electrons. The second kappa shape index (κ2) is 9.54. The van der Waals surface area contributed by atoms with E-state index in [-0.39, 0.29) is 17.4 Å². The van der Waals surface area contributed by atoms with Gasteiger partial charge >= 0.3 is 0 Å². The molecule has 2 aromatic heterocycles. The standard InChI is InChI=1S/C21H17N5O3S2/c1-13-7-9-15(10-8-13)22-18(27)12-30-21-25-24-20(31-21)23-19(28)16-11-17(29-26-16)14-5-3-2-4-6-14/h2-11H,12H2,1H3,(H,22,27)(H,23,24,28). The number of nitrogens with one attached hydrogen (secondary N) is 2. The predicted octanol–water partition coefficient (Wildman–Crippen LogP) is 4.48. The van der Waals surface area contributed by atoms with E-state index in [0.717, 1.165) is 16.8 Å². The molecule has 0 atom stereocenters. The van der Waals surface area contributed by atoms with E-state index in [2.05, 4.69) is 26.0 Å². The van der Waals surface area contributed by atoms with E-state index >= 15 is 0 Å². The normalized spacial score (nSPS) is 10.6. The number of hydrogen-bond acceptors (Lipinski definition) is 8. The van der Waals surface area contributed by atoms with Crippen LogP contribution in [0.25, 0.3) is 11.3 Å². The predicted molar refractivity (Wildman–Crippen MR) is 120 cm³/mol. The van der Waals surface area contributed by atoms with Crippen molar-refractivity contribution in [3.05, 3.63) is 71.9 Å². The summed E-state index contributed by atoms with van der Waals surface area (Å²) in [5.74, 6) is 0.0838. The molecule has 2 amide bonds. The molecule has 0 saturated heterocycles. The number of aromatic nitrogens is 3. The maximum Gasteiger partial charge on any atom is 0.279 e. The van der Waals surface area contributed by atoms with E-state index in [1.54, 1.807) is 6.07 Å². The van der Waals surface area contributed by atoms with Crippen LogP contribution in [0.3, 0.4) is 0 Å². The molecule has 31 heavy (non-hydrogen) atoms. The Labute approximate surface area is 186 Å². The Morgan fingerprint density at radius 1 is 1.03 bits per heavy atom. The molecule has 0 spiro atoms. The van der Waals surface area contributed by atoms with Gasteiger partial charge in [-0.25, -0.2) is 0 Å². The van der Waals surface area contributed by atoms with Crippen molar-refractivity contribution in [3.63, 3.8) is 0 Å². The number of hydrogen-bond donors (Lipinski definition) is 2. The highest BCUT2D eigenvalue weighted by Crippen LogP contribution is 2.26. The molecule has 0 fully saturated rings. The fourth-order valence-electron chi connectivity index (χ4n) is 2.56. The number of carbonyl (C=O) groups is 2. The summed E-state index contributed by atoms with van der Waals surface area (Å²) in [6.07, 6.45) is 0. The van der Waals surface area contributed by atoms with E-state index in [1.165, 1.54) is 23.1 Å². The molecular weight excluding hydrogens is 434 g/mol. The first-order valence-electron chi connectivity index (χ1n) is 9.23. The minimum Gasteiger partial charge on any atom is -0.355 e. The molecule has 8 nitrogen and oxygen atoms in total. The Morgan fingerprint density at radius 3 is 2.58 bits per heavy atom. The largest absolute Gasteiger partial charge is 0.355 e. The van der Waals surface area contributed by atoms with Gasteiger partial charge in [-0.1, -0.05) is 76.3 Å². The van der Waals surface area contributed by atoms with Crippen molar-refractivity contribution in [2.24, 2.45) is 0 Å². The Balaban J connectivity index is 1.29. The van der Waals surface area contributed by atoms with E-state index in [1.807, 2.05) is 61.5 Å². The minimum absolute atomic E-state index is 0.140. The molecule has 10 heteroatoms. The van der Waals surface area contributed by atoms with Crippen LogP contribution in [0.2, 0.25) is 0 Å². The van der Waals surface area contributed by atoms with E-state index in [9.17, 15) is 9.59 Å². The third-order valence-corrected chi connectivity index (χ3v) is 6.06. The molecule has 2 heterocycles. The monoisotopic (exact) mass is 451 g/mol. The number of anilines is 2. The maximum absolute atomic E-state index is 12.4. The van der Waals surface area contributed by atoms with Crippen LogP contribution in [-0.4, -0.2) is 32.9 Å². The van der Waals surface area contributed by atoms with E-state index in [4.69, 9.17) is 4.52 Å². The fraction of sp³-hybridized carbons (Fsp3) is 0.0952. The summed E-state index contributed by atoms with van der Waals surface area (Å²) in [7, 11) is 0. The van der Waals surface area contributed by atoms with Gasteiger partial charge in [0.1, 0.15) is 0 Å². The van der Waals surface area contributed by atoms with Crippen molar-refractivity contribution in [2.45, 2.75) is 11.3 Å². The van der Waals surface area contributed by atoms with Gasteiger partial charge in [0, 0.05) is 17.3 Å². The zero-order chi connectivity index (χ0) is 21.6. The van der Waals surface area contributed by atoms with Crippen LogP contribution in [0.5, 0.6) is 0 Å². The zero-order valence-electron chi connectivity index (χ0n) is 16.4. The first-order chi connectivity index (χ1) is 15.1. The number of carbonyl (C=O) groups excluding carboxylic acids is 2. The van der Waals surface area contributed by atoms with Gasteiger partial charge in [0.25, 0.3) is 5.91 Å². The summed E-state index contributed by atoms with van der Waals surface area (Å²) in [6.45, 7) is 1.98. The summed E-state index contributed by atoms with van der Waals surface area (Å²) < 4.78 is 5.81. The minimum atomic E-state index is -0.448. The molecular formula is C21H17N5O3S2. The molecule has 0 aliphatic rings. The lowest BCUT2D eigenvalue weighted by Gasteiger charge is -2.04. The summed E-state index contributed by atoms with van der Waals surface area (Å²) in [4.78, 5) is 24.5. The zero-order valence-corrected chi connectivity index (χ0v) is 18.0. The molecule has 0 aliphatic carbocycles. The van der Waals surface area contributed by atoms with E-state index < -0.39 is 5.91 Å².